The molecule has 3 N–H and O–H groups in total. The predicted molar refractivity (Wildman–Crippen MR) is 195 cm³/mol. The molecule has 2 atom stereocenters. The number of nitrogens with zero attached hydrogens (tertiary/aromatic N) is 5. The minimum Gasteiger partial charge on any atom is -0.448 e. The number of nitrogen functional groups attached to an aromatic ring is 1. The number of carbonyl (C=O) groups excluding carboxylic acids is 3. The topological polar surface area (TPSA) is 162 Å². The molecule has 0 radical (unpaired) electrons. The predicted octanol–water partition coefficient (Wildman–Crippen LogP) is 5.08. The summed E-state index contributed by atoms with van der Waals surface area (Å²) in [7, 11) is 0. The fourth-order valence-corrected chi connectivity index (χ4v) is 7.86. The maximum Gasteiger partial charge on any atom is 0.356 e. The number of benzene rings is 2. The van der Waals surface area contributed by atoms with Crippen LogP contribution in [0.1, 0.15) is 34.3 Å². The molecule has 1 unspecified atom stereocenters. The highest BCUT2D eigenvalue weighted by Gasteiger charge is 2.55. The minimum atomic E-state index is -0.976. The Labute approximate surface area is 300 Å². The first-order valence-corrected chi connectivity index (χ1v) is 18.0. The molecule has 12 nitrogen and oxygen atoms in total. The molecule has 1 saturated heterocycles. The van der Waals surface area contributed by atoms with E-state index in [1.54, 1.807) is 6.20 Å². The molecule has 2 aliphatic heterocycles. The molecule has 1 fully saturated rings. The summed E-state index contributed by atoms with van der Waals surface area (Å²) in [4.78, 5) is 57.1. The highest BCUT2D eigenvalue weighted by atomic mass is 32.2. The van der Waals surface area contributed by atoms with E-state index in [2.05, 4.69) is 31.4 Å². The number of aryl methyl sites for hydroxylation is 1. The fraction of sp³-hybridized carbons (Fsp3) is 0.171. The molecule has 0 aliphatic carbocycles. The van der Waals surface area contributed by atoms with Gasteiger partial charge in [0.15, 0.2) is 11.2 Å². The van der Waals surface area contributed by atoms with Gasteiger partial charge in [-0.05, 0) is 41.2 Å². The van der Waals surface area contributed by atoms with Crippen molar-refractivity contribution in [3.05, 3.63) is 136 Å². The molecule has 0 bridgehead atoms. The molecule has 254 valence electrons. The maximum absolute atomic E-state index is 14.3. The molecule has 2 aromatic carbocycles. The second kappa shape index (κ2) is 16.0. The van der Waals surface area contributed by atoms with Crippen LogP contribution in [0.2, 0.25) is 0 Å². The van der Waals surface area contributed by atoms with Gasteiger partial charge in [-0.1, -0.05) is 96.3 Å². The van der Waals surface area contributed by atoms with Crippen LogP contribution in [-0.2, 0) is 24.0 Å². The van der Waals surface area contributed by atoms with E-state index < -0.39 is 35.3 Å². The van der Waals surface area contributed by atoms with E-state index in [-0.39, 0.29) is 29.0 Å². The van der Waals surface area contributed by atoms with Crippen LogP contribution < -0.4 is 11.1 Å². The Bertz CT molecular complexity index is 1930. The smallest absolute Gasteiger partial charge is 0.356 e. The average Bonchev–Trinajstić information content (AvgIpc) is 3.57. The van der Waals surface area contributed by atoms with Gasteiger partial charge in [0.1, 0.15) is 23.7 Å². The largest absolute Gasteiger partial charge is 0.448 e. The van der Waals surface area contributed by atoms with Gasteiger partial charge in [0.05, 0.1) is 0 Å². The van der Waals surface area contributed by atoms with Crippen molar-refractivity contribution in [3.63, 3.8) is 0 Å². The number of carbonyl (C=O) groups is 3. The summed E-state index contributed by atoms with van der Waals surface area (Å²) in [5.74, 6) is -1.55. The van der Waals surface area contributed by atoms with Gasteiger partial charge in [-0.3, -0.25) is 19.5 Å². The van der Waals surface area contributed by atoms with Crippen LogP contribution in [-0.4, -0.2) is 66.5 Å². The van der Waals surface area contributed by atoms with Crippen LogP contribution in [0.3, 0.4) is 0 Å². The highest BCUT2D eigenvalue weighted by molar-refractivity contribution is 8.08. The molecule has 2 aromatic heterocycles. The Kier molecular flexibility index (Phi) is 11.1. The van der Waals surface area contributed by atoms with Crippen molar-refractivity contribution in [2.75, 3.05) is 18.1 Å². The second-order valence-corrected chi connectivity index (χ2v) is 13.8. The van der Waals surface area contributed by atoms with Crippen molar-refractivity contribution in [2.45, 2.75) is 24.4 Å². The van der Waals surface area contributed by atoms with E-state index in [9.17, 15) is 14.4 Å². The Morgan fingerprint density at radius 3 is 2.48 bits per heavy atom. The normalized spacial score (nSPS) is 17.4. The first-order valence-electron chi connectivity index (χ1n) is 15.3. The summed E-state index contributed by atoms with van der Waals surface area (Å²) in [6.45, 7) is 5.52. The standard InChI is InChI=1S/C35H31N7O5S3/c1-3-17-46-40-26(30-39-35(36)50-41-30)31(43)38-27-32(44)42-28(25(20-49-33(27)42)48-18-16-22-15-14-21(2)37-19-22)34(45)47-29(23-10-6-4-7-11-23)24-12-8-5-9-13-24/h3-16,18-19,27,29,33H,1,17,20H2,2H3,(H,38,43)(H2,36,39,41)/b18-16-,40-26?/t27?,33-/m1/s1. The quantitative estimate of drug-likeness (QED) is 0.0472. The lowest BCUT2D eigenvalue weighted by Crippen LogP contribution is -2.71. The summed E-state index contributed by atoms with van der Waals surface area (Å²) in [5, 5.41) is 7.99. The van der Waals surface area contributed by atoms with E-state index in [1.807, 2.05) is 91.2 Å². The van der Waals surface area contributed by atoms with Gasteiger partial charge in [0.2, 0.25) is 11.5 Å². The van der Waals surface area contributed by atoms with Crippen molar-refractivity contribution in [2.24, 2.45) is 5.16 Å². The number of amides is 2. The second-order valence-electron chi connectivity index (χ2n) is 10.9. The van der Waals surface area contributed by atoms with Crippen LogP contribution >= 0.6 is 35.1 Å². The van der Waals surface area contributed by atoms with Gasteiger partial charge in [-0.2, -0.15) is 9.36 Å². The molecule has 6 rings (SSSR count). The van der Waals surface area contributed by atoms with E-state index >= 15 is 0 Å². The number of hydrogen-bond acceptors (Lipinski definition) is 13. The number of oxime groups is 1. The van der Waals surface area contributed by atoms with Gasteiger partial charge in [-0.25, -0.2) is 4.79 Å². The van der Waals surface area contributed by atoms with Crippen LogP contribution in [0.4, 0.5) is 5.13 Å². The minimum absolute atomic E-state index is 0.0313. The molecule has 4 aromatic rings. The number of aromatic nitrogens is 3. The number of β-lactam (4-membered cyclic amide) rings is 1. The summed E-state index contributed by atoms with van der Waals surface area (Å²) in [6, 6.07) is 21.7. The van der Waals surface area contributed by atoms with Crippen molar-refractivity contribution in [1.82, 2.24) is 24.6 Å². The number of hydrogen-bond donors (Lipinski definition) is 2. The first kappa shape index (κ1) is 34.6. The summed E-state index contributed by atoms with van der Waals surface area (Å²) >= 11 is 3.62. The third-order valence-corrected chi connectivity index (χ3v) is 10.4. The van der Waals surface area contributed by atoms with E-state index in [4.69, 9.17) is 15.3 Å². The van der Waals surface area contributed by atoms with Crippen molar-refractivity contribution < 1.29 is 24.0 Å². The van der Waals surface area contributed by atoms with Gasteiger partial charge in [0.25, 0.3) is 11.8 Å². The Morgan fingerprint density at radius 2 is 1.86 bits per heavy atom. The number of rotatable bonds is 13. The molecule has 15 heteroatoms. The first-order chi connectivity index (χ1) is 24.3. The van der Waals surface area contributed by atoms with Gasteiger partial charge < -0.3 is 20.6 Å². The molecule has 4 heterocycles. The molecule has 0 saturated carbocycles. The summed E-state index contributed by atoms with van der Waals surface area (Å²) in [6.07, 6.45) is 4.37. The number of anilines is 1. The third kappa shape index (κ3) is 7.80. The Hall–Kier alpha value is -5.25. The number of fused-ring (bicyclic) bond motifs is 1. The lowest BCUT2D eigenvalue weighted by molar-refractivity contribution is -0.154. The van der Waals surface area contributed by atoms with Gasteiger partial charge in [-0.15, -0.1) is 11.8 Å². The molecule has 0 spiro atoms. The number of esters is 1. The van der Waals surface area contributed by atoms with E-state index in [0.29, 0.717) is 10.7 Å². The third-order valence-electron chi connectivity index (χ3n) is 7.46. The number of pyridine rings is 1. The lowest BCUT2D eigenvalue weighted by atomic mass is 10.0. The highest BCUT2D eigenvalue weighted by Crippen LogP contribution is 2.45. The molecular weight excluding hydrogens is 695 g/mol. The summed E-state index contributed by atoms with van der Waals surface area (Å²) < 4.78 is 10.3. The van der Waals surface area contributed by atoms with Crippen LogP contribution in [0, 0.1) is 6.92 Å². The van der Waals surface area contributed by atoms with Crippen LogP contribution in [0.15, 0.2) is 113 Å². The monoisotopic (exact) mass is 725 g/mol. The van der Waals surface area contributed by atoms with Gasteiger partial charge >= 0.3 is 5.97 Å². The van der Waals surface area contributed by atoms with E-state index in [1.165, 1.54) is 34.5 Å². The van der Waals surface area contributed by atoms with E-state index in [0.717, 1.165) is 33.9 Å². The average molecular weight is 726 g/mol. The van der Waals surface area contributed by atoms with Crippen molar-refractivity contribution in [3.8, 4) is 0 Å². The Balaban J connectivity index is 1.28. The number of nitrogens with one attached hydrogen (secondary N) is 1. The van der Waals surface area contributed by atoms with Crippen LogP contribution in [0.5, 0.6) is 0 Å². The molecule has 50 heavy (non-hydrogen) atoms. The number of ether oxygens (including phenoxy) is 1. The molecule has 2 aliphatic rings. The molecular formula is C35H31N7O5S3. The zero-order valence-corrected chi connectivity index (χ0v) is 29.1. The SMILES string of the molecule is C=CCON=C(C(=O)NC1C(=O)N2C(C(=O)OC(c3ccccc3)c3ccccc3)=C(S/C=C\c3ccc(C)nc3)CS[C@H]12)c1nsc(N)n1. The van der Waals surface area contributed by atoms with Crippen molar-refractivity contribution in [1.29, 1.82) is 0 Å². The van der Waals surface area contributed by atoms with Gasteiger partial charge in [0, 0.05) is 34.1 Å². The molecule has 2 amide bonds. The maximum atomic E-state index is 14.3. The zero-order chi connectivity index (χ0) is 35.0. The summed E-state index contributed by atoms with van der Waals surface area (Å²) in [5.41, 5.74) is 8.94. The van der Waals surface area contributed by atoms with Crippen molar-refractivity contribution >= 4 is 69.8 Å². The van der Waals surface area contributed by atoms with Crippen LogP contribution in [0.25, 0.3) is 6.08 Å². The lowest BCUT2D eigenvalue weighted by Gasteiger charge is -2.49. The number of thioether (sulfide) groups is 2. The number of nitrogens with two attached hydrogens (primary N) is 1. The fourth-order valence-electron chi connectivity index (χ4n) is 5.07. The zero-order valence-electron chi connectivity index (χ0n) is 26.7. The Morgan fingerprint density at radius 1 is 1.14 bits per heavy atom.